The second-order valence-corrected chi connectivity index (χ2v) is 5.67. The molecule has 0 spiro atoms. The number of benzene rings is 1. The van der Waals surface area contributed by atoms with E-state index in [0.717, 1.165) is 16.2 Å². The fourth-order valence-electron chi connectivity index (χ4n) is 1.70. The van der Waals surface area contributed by atoms with Crippen LogP contribution >= 0.6 is 39.1 Å². The van der Waals surface area contributed by atoms with Gasteiger partial charge < -0.3 is 10.4 Å². The molecule has 2 aromatic rings. The van der Waals surface area contributed by atoms with E-state index in [1.165, 1.54) is 0 Å². The van der Waals surface area contributed by atoms with Gasteiger partial charge >= 0.3 is 5.97 Å². The Hall–Kier alpha value is -1.56. The van der Waals surface area contributed by atoms with E-state index in [1.807, 2.05) is 12.1 Å². The van der Waals surface area contributed by atoms with Gasteiger partial charge in [-0.2, -0.15) is 0 Å². The summed E-state index contributed by atoms with van der Waals surface area (Å²) in [5, 5.41) is 12.3. The maximum absolute atomic E-state index is 11.3. The molecule has 0 aliphatic carbocycles. The van der Waals surface area contributed by atoms with Gasteiger partial charge in [0, 0.05) is 16.4 Å². The minimum Gasteiger partial charge on any atom is -0.478 e. The molecule has 0 amide bonds. The van der Waals surface area contributed by atoms with Gasteiger partial charge in [-0.1, -0.05) is 51.8 Å². The van der Waals surface area contributed by atoms with E-state index < -0.39 is 5.97 Å². The van der Waals surface area contributed by atoms with Crippen LogP contribution in [0, 0.1) is 0 Å². The zero-order chi connectivity index (χ0) is 15.6. The molecule has 0 fully saturated rings. The van der Waals surface area contributed by atoms with Gasteiger partial charge in [0.1, 0.15) is 15.7 Å². The Kier molecular flexibility index (Phi) is 4.88. The van der Waals surface area contributed by atoms with E-state index in [4.69, 9.17) is 23.2 Å². The molecule has 0 atom stereocenters. The van der Waals surface area contributed by atoms with Crippen LogP contribution in [0.2, 0.25) is 10.2 Å². The zero-order valence-corrected chi connectivity index (χ0v) is 13.6. The number of carbonyl (C=O) groups is 1. The van der Waals surface area contributed by atoms with Crippen molar-refractivity contribution in [3.8, 4) is 0 Å². The molecule has 0 saturated carbocycles. The van der Waals surface area contributed by atoms with E-state index in [1.54, 1.807) is 12.1 Å². The summed E-state index contributed by atoms with van der Waals surface area (Å²) in [6.45, 7) is 3.72. The quantitative estimate of drug-likeness (QED) is 0.704. The topological polar surface area (TPSA) is 62.2 Å². The van der Waals surface area contributed by atoms with Crippen LogP contribution in [0.3, 0.4) is 0 Å². The first-order valence-corrected chi connectivity index (χ1v) is 7.25. The molecular formula is C14H9BrCl2N2O2. The molecule has 4 nitrogen and oxygen atoms in total. The van der Waals surface area contributed by atoms with E-state index in [0.29, 0.717) is 5.69 Å². The average molecular weight is 388 g/mol. The number of carboxylic acids is 1. The molecule has 0 saturated heterocycles. The molecule has 1 aromatic heterocycles. The monoisotopic (exact) mass is 386 g/mol. The third-order valence-corrected chi connectivity index (χ3v) is 3.95. The fourth-order valence-corrected chi connectivity index (χ4v) is 2.42. The maximum atomic E-state index is 11.3. The van der Waals surface area contributed by atoms with Crippen molar-refractivity contribution < 1.29 is 9.90 Å². The van der Waals surface area contributed by atoms with Gasteiger partial charge in [0.05, 0.1) is 5.69 Å². The number of nitrogens with one attached hydrogen (secondary N) is 1. The van der Waals surface area contributed by atoms with Crippen LogP contribution in [-0.2, 0) is 0 Å². The van der Waals surface area contributed by atoms with Crippen molar-refractivity contribution in [1.82, 2.24) is 4.98 Å². The summed E-state index contributed by atoms with van der Waals surface area (Å²) in [5.41, 5.74) is 1.56. The first-order chi connectivity index (χ1) is 9.93. The van der Waals surface area contributed by atoms with Crippen LogP contribution in [0.25, 0.3) is 6.08 Å². The lowest BCUT2D eigenvalue weighted by molar-refractivity contribution is 0.0697. The van der Waals surface area contributed by atoms with E-state index >= 15 is 0 Å². The summed E-state index contributed by atoms with van der Waals surface area (Å²) >= 11 is 15.3. The molecule has 1 aromatic carbocycles. The molecule has 21 heavy (non-hydrogen) atoms. The number of rotatable bonds is 4. The fraction of sp³-hybridized carbons (Fsp3) is 0. The second kappa shape index (κ2) is 6.47. The van der Waals surface area contributed by atoms with Crippen LogP contribution in [0.5, 0.6) is 0 Å². The molecular weight excluding hydrogens is 379 g/mol. The van der Waals surface area contributed by atoms with Crippen LogP contribution in [-0.4, -0.2) is 16.1 Å². The van der Waals surface area contributed by atoms with Crippen molar-refractivity contribution in [1.29, 1.82) is 0 Å². The Labute approximate surface area is 139 Å². The molecule has 0 radical (unpaired) electrons. The zero-order valence-electron chi connectivity index (χ0n) is 10.5. The Morgan fingerprint density at radius 2 is 2.14 bits per heavy atom. The Balaban J connectivity index is 2.56. The van der Waals surface area contributed by atoms with Crippen LogP contribution < -0.4 is 5.32 Å². The van der Waals surface area contributed by atoms with Crippen LogP contribution in [0.15, 0.2) is 35.4 Å². The molecule has 0 aliphatic rings. The van der Waals surface area contributed by atoms with Gasteiger partial charge in [-0.25, -0.2) is 9.78 Å². The second-order valence-electron chi connectivity index (χ2n) is 4.02. The standard InChI is InChI=1S/C14H9BrCl2N2O2/c1-2-7-5-8(15)3-4-10(7)19-12-9(14(20)21)6-18-13(17)11(12)16/h2-6H,1H2,(H,18,19)(H,20,21). The maximum Gasteiger partial charge on any atom is 0.339 e. The number of hydrogen-bond donors (Lipinski definition) is 2. The van der Waals surface area contributed by atoms with Gasteiger partial charge in [-0.3, -0.25) is 0 Å². The van der Waals surface area contributed by atoms with Crippen molar-refractivity contribution in [2.45, 2.75) is 0 Å². The first kappa shape index (κ1) is 15.8. The molecule has 2 N–H and O–H groups in total. The summed E-state index contributed by atoms with van der Waals surface area (Å²) < 4.78 is 0.875. The van der Waals surface area contributed by atoms with Gasteiger partial charge in [0.15, 0.2) is 0 Å². The highest BCUT2D eigenvalue weighted by molar-refractivity contribution is 9.10. The molecule has 1 heterocycles. The molecule has 0 aliphatic heterocycles. The van der Waals surface area contributed by atoms with E-state index in [2.05, 4.69) is 32.8 Å². The highest BCUT2D eigenvalue weighted by Gasteiger charge is 2.18. The van der Waals surface area contributed by atoms with Crippen molar-refractivity contribution in [3.05, 3.63) is 56.8 Å². The Bertz CT molecular complexity index is 735. The number of aromatic nitrogens is 1. The number of hydrogen-bond acceptors (Lipinski definition) is 3. The first-order valence-electron chi connectivity index (χ1n) is 5.70. The lowest BCUT2D eigenvalue weighted by Crippen LogP contribution is -2.05. The molecule has 0 unspecified atom stereocenters. The predicted molar refractivity (Wildman–Crippen MR) is 88.7 cm³/mol. The average Bonchev–Trinajstić information content (AvgIpc) is 2.45. The molecule has 2 rings (SSSR count). The van der Waals surface area contributed by atoms with Crippen molar-refractivity contribution >= 4 is 62.6 Å². The molecule has 108 valence electrons. The number of aromatic carboxylic acids is 1. The van der Waals surface area contributed by atoms with Gasteiger partial charge in [-0.15, -0.1) is 0 Å². The van der Waals surface area contributed by atoms with Crippen molar-refractivity contribution in [3.63, 3.8) is 0 Å². The van der Waals surface area contributed by atoms with Crippen molar-refractivity contribution in [2.75, 3.05) is 5.32 Å². The molecule has 7 heteroatoms. The number of pyridine rings is 1. The lowest BCUT2D eigenvalue weighted by Gasteiger charge is -2.14. The van der Waals surface area contributed by atoms with Gasteiger partial charge in [0.25, 0.3) is 0 Å². The highest BCUT2D eigenvalue weighted by Crippen LogP contribution is 2.35. The largest absolute Gasteiger partial charge is 0.478 e. The summed E-state index contributed by atoms with van der Waals surface area (Å²) in [5.74, 6) is -1.15. The predicted octanol–water partition coefficient (Wildman–Crippen LogP) is 5.24. The normalized spacial score (nSPS) is 10.2. The summed E-state index contributed by atoms with van der Waals surface area (Å²) in [6.07, 6.45) is 2.80. The number of halogens is 3. The van der Waals surface area contributed by atoms with E-state index in [9.17, 15) is 9.90 Å². The summed E-state index contributed by atoms with van der Waals surface area (Å²) in [6, 6.07) is 5.43. The van der Waals surface area contributed by atoms with E-state index in [-0.39, 0.29) is 21.4 Å². The minimum atomic E-state index is -1.15. The van der Waals surface area contributed by atoms with Gasteiger partial charge in [-0.05, 0) is 23.8 Å². The number of carboxylic acid groups (broad SMARTS) is 1. The third-order valence-electron chi connectivity index (χ3n) is 2.70. The Morgan fingerprint density at radius 1 is 1.43 bits per heavy atom. The Morgan fingerprint density at radius 3 is 2.76 bits per heavy atom. The lowest BCUT2D eigenvalue weighted by atomic mass is 10.1. The van der Waals surface area contributed by atoms with Gasteiger partial charge in [0.2, 0.25) is 0 Å². The number of nitrogens with zero attached hydrogens (tertiary/aromatic N) is 1. The minimum absolute atomic E-state index is 0.0291. The van der Waals surface area contributed by atoms with Crippen molar-refractivity contribution in [2.24, 2.45) is 0 Å². The summed E-state index contributed by atoms with van der Waals surface area (Å²) in [4.78, 5) is 15.0. The highest BCUT2D eigenvalue weighted by atomic mass is 79.9. The SMILES string of the molecule is C=Cc1cc(Br)ccc1Nc1c(C(=O)O)cnc(Cl)c1Cl. The number of anilines is 2. The molecule has 0 bridgehead atoms. The van der Waals surface area contributed by atoms with Crippen LogP contribution in [0.1, 0.15) is 15.9 Å². The smallest absolute Gasteiger partial charge is 0.339 e. The summed E-state index contributed by atoms with van der Waals surface area (Å²) in [7, 11) is 0. The third kappa shape index (κ3) is 3.37. The van der Waals surface area contributed by atoms with Crippen LogP contribution in [0.4, 0.5) is 11.4 Å².